The molecule has 1 aliphatic carbocycles. The molecule has 0 heterocycles. The number of ether oxygens (including phenoxy) is 1. The summed E-state index contributed by atoms with van der Waals surface area (Å²) in [6, 6.07) is 0.232. The lowest BCUT2D eigenvalue weighted by Crippen LogP contribution is -2.49. The number of hydrogen-bond donors (Lipinski definition) is 1. The van der Waals surface area contributed by atoms with Crippen LogP contribution in [-0.2, 0) is 4.74 Å². The Morgan fingerprint density at radius 2 is 1.79 bits per heavy atom. The van der Waals surface area contributed by atoms with Crippen LogP contribution in [0.4, 0.5) is 0 Å². The second-order valence-electron chi connectivity index (χ2n) is 4.58. The van der Waals surface area contributed by atoms with Gasteiger partial charge in [-0.1, -0.05) is 39.0 Å². The van der Waals surface area contributed by atoms with E-state index in [0.717, 1.165) is 25.7 Å². The Morgan fingerprint density at radius 3 is 2.21 bits per heavy atom. The summed E-state index contributed by atoms with van der Waals surface area (Å²) in [5.41, 5.74) is 6.24. The van der Waals surface area contributed by atoms with E-state index in [1.165, 1.54) is 25.7 Å². The molecule has 0 bridgehead atoms. The first-order valence-electron chi connectivity index (χ1n) is 6.06. The van der Waals surface area contributed by atoms with Crippen LogP contribution in [0.2, 0.25) is 0 Å². The maximum Gasteiger partial charge on any atom is 0.0828 e. The molecule has 0 aromatic rings. The molecule has 0 radical (unpaired) electrons. The maximum absolute atomic E-state index is 6.25. The van der Waals surface area contributed by atoms with E-state index >= 15 is 0 Å². The summed E-state index contributed by atoms with van der Waals surface area (Å²) in [6.07, 6.45) is 9.83. The molecule has 2 nitrogen and oxygen atoms in total. The van der Waals surface area contributed by atoms with Crippen LogP contribution in [0.5, 0.6) is 0 Å². The molecule has 1 atom stereocenters. The third-order valence-electron chi connectivity index (χ3n) is 3.63. The van der Waals surface area contributed by atoms with Crippen LogP contribution in [-0.4, -0.2) is 18.8 Å². The summed E-state index contributed by atoms with van der Waals surface area (Å²) in [5.74, 6) is 0. The van der Waals surface area contributed by atoms with Gasteiger partial charge in [0.1, 0.15) is 0 Å². The molecule has 0 saturated heterocycles. The topological polar surface area (TPSA) is 35.2 Å². The van der Waals surface area contributed by atoms with Crippen molar-refractivity contribution >= 4 is 0 Å². The van der Waals surface area contributed by atoms with Crippen molar-refractivity contribution in [2.24, 2.45) is 5.73 Å². The molecular weight excluding hydrogens is 174 g/mol. The summed E-state index contributed by atoms with van der Waals surface area (Å²) in [5, 5.41) is 0. The fourth-order valence-electron chi connectivity index (χ4n) is 2.63. The van der Waals surface area contributed by atoms with Crippen molar-refractivity contribution in [1.29, 1.82) is 0 Å². The molecule has 2 heteroatoms. The minimum Gasteiger partial charge on any atom is -0.377 e. The second kappa shape index (κ2) is 5.72. The van der Waals surface area contributed by atoms with Gasteiger partial charge in [0.2, 0.25) is 0 Å². The minimum atomic E-state index is -0.00743. The summed E-state index contributed by atoms with van der Waals surface area (Å²) in [7, 11) is 1.83. The zero-order valence-electron chi connectivity index (χ0n) is 9.72. The van der Waals surface area contributed by atoms with Crippen molar-refractivity contribution in [3.8, 4) is 0 Å². The Labute approximate surface area is 88.2 Å². The molecular formula is C12H25NO. The molecule has 0 aromatic carbocycles. The largest absolute Gasteiger partial charge is 0.377 e. The van der Waals surface area contributed by atoms with Gasteiger partial charge in [0.05, 0.1) is 5.60 Å². The Balaban J connectivity index is 2.61. The van der Waals surface area contributed by atoms with Crippen molar-refractivity contribution in [2.45, 2.75) is 69.9 Å². The Hall–Kier alpha value is -0.0800. The van der Waals surface area contributed by atoms with Gasteiger partial charge in [-0.2, -0.15) is 0 Å². The van der Waals surface area contributed by atoms with E-state index < -0.39 is 0 Å². The molecule has 1 saturated carbocycles. The highest BCUT2D eigenvalue weighted by atomic mass is 16.5. The highest BCUT2D eigenvalue weighted by Crippen LogP contribution is 2.33. The van der Waals surface area contributed by atoms with Crippen LogP contribution in [0.15, 0.2) is 0 Å². The van der Waals surface area contributed by atoms with Gasteiger partial charge in [0.25, 0.3) is 0 Å². The van der Waals surface area contributed by atoms with Crippen molar-refractivity contribution in [3.63, 3.8) is 0 Å². The third-order valence-corrected chi connectivity index (χ3v) is 3.63. The molecule has 1 fully saturated rings. The van der Waals surface area contributed by atoms with E-state index in [0.29, 0.717) is 0 Å². The van der Waals surface area contributed by atoms with Gasteiger partial charge in [0.15, 0.2) is 0 Å². The van der Waals surface area contributed by atoms with E-state index in [2.05, 4.69) is 6.92 Å². The molecule has 0 aliphatic heterocycles. The van der Waals surface area contributed by atoms with Crippen molar-refractivity contribution < 1.29 is 4.74 Å². The molecule has 1 aliphatic rings. The number of rotatable bonds is 4. The Bertz CT molecular complexity index is 150. The third kappa shape index (κ3) is 2.71. The number of methoxy groups -OCH3 is 1. The van der Waals surface area contributed by atoms with Gasteiger partial charge in [-0.3, -0.25) is 0 Å². The van der Waals surface area contributed by atoms with Crippen molar-refractivity contribution in [1.82, 2.24) is 0 Å². The average Bonchev–Trinajstić information content (AvgIpc) is 2.44. The summed E-state index contributed by atoms with van der Waals surface area (Å²) in [6.45, 7) is 2.19. The van der Waals surface area contributed by atoms with Gasteiger partial charge >= 0.3 is 0 Å². The molecule has 0 amide bonds. The minimum absolute atomic E-state index is 0.00743. The van der Waals surface area contributed by atoms with Crippen molar-refractivity contribution in [2.75, 3.05) is 7.11 Å². The molecule has 1 rings (SSSR count). The van der Waals surface area contributed by atoms with Crippen LogP contribution in [0.1, 0.15) is 58.3 Å². The number of nitrogens with two attached hydrogens (primary N) is 1. The number of hydrogen-bond acceptors (Lipinski definition) is 2. The van der Waals surface area contributed by atoms with E-state index in [-0.39, 0.29) is 11.6 Å². The van der Waals surface area contributed by atoms with Crippen LogP contribution < -0.4 is 5.73 Å². The van der Waals surface area contributed by atoms with Crippen LogP contribution >= 0.6 is 0 Å². The molecule has 14 heavy (non-hydrogen) atoms. The van der Waals surface area contributed by atoms with E-state index in [4.69, 9.17) is 10.5 Å². The van der Waals surface area contributed by atoms with E-state index in [1.54, 1.807) is 0 Å². The highest BCUT2D eigenvalue weighted by molar-refractivity contribution is 4.92. The predicted octanol–water partition coefficient (Wildman–Crippen LogP) is 2.85. The van der Waals surface area contributed by atoms with Gasteiger partial charge in [-0.25, -0.2) is 0 Å². The predicted molar refractivity (Wildman–Crippen MR) is 60.3 cm³/mol. The average molecular weight is 199 g/mol. The van der Waals surface area contributed by atoms with Gasteiger partial charge in [-0.15, -0.1) is 0 Å². The maximum atomic E-state index is 6.25. The zero-order chi connectivity index (χ0) is 10.4. The van der Waals surface area contributed by atoms with Crippen LogP contribution in [0.3, 0.4) is 0 Å². The molecule has 0 spiro atoms. The van der Waals surface area contributed by atoms with Gasteiger partial charge in [0, 0.05) is 13.2 Å². The van der Waals surface area contributed by atoms with Gasteiger partial charge < -0.3 is 10.5 Å². The molecule has 0 unspecified atom stereocenters. The van der Waals surface area contributed by atoms with Crippen LogP contribution in [0, 0.1) is 0 Å². The smallest absolute Gasteiger partial charge is 0.0828 e. The summed E-state index contributed by atoms with van der Waals surface area (Å²) in [4.78, 5) is 0. The Kier molecular flexibility index (Phi) is 4.90. The summed E-state index contributed by atoms with van der Waals surface area (Å²) >= 11 is 0. The second-order valence-corrected chi connectivity index (χ2v) is 4.58. The first-order valence-corrected chi connectivity index (χ1v) is 6.06. The van der Waals surface area contributed by atoms with Gasteiger partial charge in [-0.05, 0) is 19.3 Å². The molecule has 0 aromatic heterocycles. The monoisotopic (exact) mass is 199 g/mol. The van der Waals surface area contributed by atoms with E-state index in [1.807, 2.05) is 7.11 Å². The Morgan fingerprint density at radius 1 is 1.21 bits per heavy atom. The summed E-state index contributed by atoms with van der Waals surface area (Å²) < 4.78 is 5.75. The quantitative estimate of drug-likeness (QED) is 0.707. The normalized spacial score (nSPS) is 24.2. The van der Waals surface area contributed by atoms with Crippen LogP contribution in [0.25, 0.3) is 0 Å². The SMILES string of the molecule is CCC[C@@H](N)C1(OC)CCCCCC1. The lowest BCUT2D eigenvalue weighted by atomic mass is 9.84. The fourth-order valence-corrected chi connectivity index (χ4v) is 2.63. The zero-order valence-corrected chi connectivity index (χ0v) is 9.72. The fraction of sp³-hybridized carbons (Fsp3) is 1.00. The first-order chi connectivity index (χ1) is 6.75. The molecule has 2 N–H and O–H groups in total. The highest BCUT2D eigenvalue weighted by Gasteiger charge is 2.36. The lowest BCUT2D eigenvalue weighted by molar-refractivity contribution is -0.0451. The molecule has 84 valence electrons. The van der Waals surface area contributed by atoms with Crippen molar-refractivity contribution in [3.05, 3.63) is 0 Å². The first kappa shape index (κ1) is 12.0. The standard InChI is InChI=1S/C12H25NO/c1-3-8-11(13)12(14-2)9-6-4-5-7-10-12/h11H,3-10,13H2,1-2H3/t11-/m1/s1. The lowest BCUT2D eigenvalue weighted by Gasteiger charge is -2.37. The van der Waals surface area contributed by atoms with E-state index in [9.17, 15) is 0 Å².